The zero-order chi connectivity index (χ0) is 12.8. The van der Waals surface area contributed by atoms with E-state index in [1.165, 1.54) is 31.3 Å². The molecule has 0 unspecified atom stereocenters. The zero-order valence-electron chi connectivity index (χ0n) is 8.91. The molecule has 0 atom stereocenters. The van der Waals surface area contributed by atoms with Crippen molar-refractivity contribution in [1.82, 2.24) is 5.32 Å². The number of nitrogens with one attached hydrogen (secondary N) is 2. The lowest BCUT2D eigenvalue weighted by atomic mass is 10.3. The molecule has 90 valence electrons. The molecule has 0 fully saturated rings. The Balaban J connectivity index is 2.81. The van der Waals surface area contributed by atoms with Crippen molar-refractivity contribution in [2.45, 2.75) is 0 Å². The molecule has 8 nitrogen and oxygen atoms in total. The first kappa shape index (κ1) is 12.4. The number of benzene rings is 1. The van der Waals surface area contributed by atoms with Crippen LogP contribution in [0.5, 0.6) is 0 Å². The highest BCUT2D eigenvalue weighted by atomic mass is 16.6. The van der Waals surface area contributed by atoms with Crippen molar-refractivity contribution >= 4 is 11.4 Å². The van der Waals surface area contributed by atoms with E-state index in [-0.39, 0.29) is 11.5 Å². The van der Waals surface area contributed by atoms with Gasteiger partial charge in [0.2, 0.25) is 0 Å². The lowest BCUT2D eigenvalue weighted by Crippen LogP contribution is -2.16. The molecule has 0 aliphatic heterocycles. The van der Waals surface area contributed by atoms with Crippen LogP contribution < -0.4 is 10.6 Å². The topological polar surface area (TPSA) is 110 Å². The third-order valence-electron chi connectivity index (χ3n) is 1.86. The Bertz CT molecular complexity index is 455. The Kier molecular flexibility index (Phi) is 3.98. The average molecular weight is 238 g/mol. The number of anilines is 1. The van der Waals surface area contributed by atoms with E-state index in [2.05, 4.69) is 10.6 Å². The fraction of sp³-hybridized carbons (Fsp3) is 0.111. The molecule has 1 aromatic carbocycles. The molecule has 0 aliphatic rings. The van der Waals surface area contributed by atoms with Crippen molar-refractivity contribution < 1.29 is 9.85 Å². The van der Waals surface area contributed by atoms with E-state index in [0.29, 0.717) is 5.69 Å². The summed E-state index contributed by atoms with van der Waals surface area (Å²) in [6.07, 6.45) is 0.765. The lowest BCUT2D eigenvalue weighted by Gasteiger charge is -2.07. The van der Waals surface area contributed by atoms with Crippen molar-refractivity contribution in [3.8, 4) is 0 Å². The van der Waals surface area contributed by atoms with E-state index in [1.54, 1.807) is 0 Å². The van der Waals surface area contributed by atoms with Crippen molar-refractivity contribution in [1.29, 1.82) is 0 Å². The van der Waals surface area contributed by atoms with Crippen molar-refractivity contribution in [3.05, 3.63) is 56.5 Å². The highest BCUT2D eigenvalue weighted by Gasteiger charge is 2.05. The van der Waals surface area contributed by atoms with Gasteiger partial charge in [0.05, 0.1) is 9.85 Å². The number of nitrogens with zero attached hydrogens (tertiary/aromatic N) is 2. The SMILES string of the molecule is CN/C(=C\[N+](=O)[O-])Nc1ccc([N+](=O)[O-])cc1. The van der Waals surface area contributed by atoms with Gasteiger partial charge in [0.25, 0.3) is 11.9 Å². The summed E-state index contributed by atoms with van der Waals surface area (Å²) in [4.78, 5) is 19.5. The molecule has 8 heteroatoms. The Hall–Kier alpha value is -2.64. The van der Waals surface area contributed by atoms with Gasteiger partial charge < -0.3 is 10.6 Å². The number of hydrogen-bond acceptors (Lipinski definition) is 6. The van der Waals surface area contributed by atoms with Crippen molar-refractivity contribution in [2.75, 3.05) is 12.4 Å². The van der Waals surface area contributed by atoms with Crippen molar-refractivity contribution in [3.63, 3.8) is 0 Å². The fourth-order valence-corrected chi connectivity index (χ4v) is 1.09. The van der Waals surface area contributed by atoms with Crippen LogP contribution in [0, 0.1) is 20.2 Å². The minimum Gasteiger partial charge on any atom is -0.370 e. The third kappa shape index (κ3) is 3.78. The normalized spacial score (nSPS) is 10.8. The van der Waals surface area contributed by atoms with Gasteiger partial charge in [0.1, 0.15) is 0 Å². The minimum atomic E-state index is -0.607. The second-order valence-corrected chi connectivity index (χ2v) is 3.01. The minimum absolute atomic E-state index is 0.0418. The van der Waals surface area contributed by atoms with Crippen LogP contribution in [-0.4, -0.2) is 16.9 Å². The molecule has 17 heavy (non-hydrogen) atoms. The molecule has 0 radical (unpaired) electrons. The largest absolute Gasteiger partial charge is 0.370 e. The highest BCUT2D eigenvalue weighted by molar-refractivity contribution is 5.51. The maximum atomic E-state index is 10.4. The molecule has 1 aromatic rings. The van der Waals surface area contributed by atoms with Gasteiger partial charge >= 0.3 is 0 Å². The smallest absolute Gasteiger partial charge is 0.274 e. The van der Waals surface area contributed by atoms with Crippen LogP contribution in [0.2, 0.25) is 0 Å². The predicted molar refractivity (Wildman–Crippen MR) is 60.9 cm³/mol. The molecule has 0 spiro atoms. The van der Waals surface area contributed by atoms with Crippen LogP contribution in [0.1, 0.15) is 0 Å². The molecule has 1 rings (SSSR count). The summed E-state index contributed by atoms with van der Waals surface area (Å²) < 4.78 is 0. The van der Waals surface area contributed by atoms with Crippen LogP contribution in [-0.2, 0) is 0 Å². The molecule has 0 bridgehead atoms. The van der Waals surface area contributed by atoms with Gasteiger partial charge in [-0.05, 0) is 12.1 Å². The first-order valence-electron chi connectivity index (χ1n) is 4.57. The Labute approximate surface area is 96.2 Å². The zero-order valence-corrected chi connectivity index (χ0v) is 8.91. The number of rotatable bonds is 5. The van der Waals surface area contributed by atoms with Crippen LogP contribution in [0.3, 0.4) is 0 Å². The van der Waals surface area contributed by atoms with Crippen molar-refractivity contribution in [2.24, 2.45) is 0 Å². The predicted octanol–water partition coefficient (Wildman–Crippen LogP) is 1.30. The van der Waals surface area contributed by atoms with Gasteiger partial charge in [-0.1, -0.05) is 0 Å². The number of nitro groups is 2. The van der Waals surface area contributed by atoms with E-state index in [4.69, 9.17) is 0 Å². The first-order valence-corrected chi connectivity index (χ1v) is 4.57. The molecule has 0 saturated carbocycles. The average Bonchev–Trinajstić information content (AvgIpc) is 2.28. The van der Waals surface area contributed by atoms with Crippen LogP contribution in [0.4, 0.5) is 11.4 Å². The maximum absolute atomic E-state index is 10.4. The highest BCUT2D eigenvalue weighted by Crippen LogP contribution is 2.16. The molecule has 0 heterocycles. The van der Waals surface area contributed by atoms with E-state index in [9.17, 15) is 20.2 Å². The van der Waals surface area contributed by atoms with Gasteiger partial charge in [-0.25, -0.2) is 0 Å². The first-order chi connectivity index (χ1) is 8.02. The third-order valence-corrected chi connectivity index (χ3v) is 1.86. The fourth-order valence-electron chi connectivity index (χ4n) is 1.09. The molecule has 0 amide bonds. The van der Waals surface area contributed by atoms with Gasteiger partial charge in [-0.15, -0.1) is 0 Å². The second-order valence-electron chi connectivity index (χ2n) is 3.01. The summed E-state index contributed by atoms with van der Waals surface area (Å²) in [6, 6.07) is 5.54. The Morgan fingerprint density at radius 1 is 1.24 bits per heavy atom. The lowest BCUT2D eigenvalue weighted by molar-refractivity contribution is -0.403. The second kappa shape index (κ2) is 5.45. The summed E-state index contributed by atoms with van der Waals surface area (Å²) in [6.45, 7) is 0. The molecule has 2 N–H and O–H groups in total. The Morgan fingerprint density at radius 2 is 1.82 bits per heavy atom. The molecular formula is C9H10N4O4. The van der Waals surface area contributed by atoms with Crippen LogP contribution in [0.25, 0.3) is 0 Å². The van der Waals surface area contributed by atoms with Crippen LogP contribution in [0.15, 0.2) is 36.3 Å². The van der Waals surface area contributed by atoms with Gasteiger partial charge in [0, 0.05) is 24.9 Å². The summed E-state index contributed by atoms with van der Waals surface area (Å²) >= 11 is 0. The number of nitro benzene ring substituents is 1. The molecule has 0 aromatic heterocycles. The monoisotopic (exact) mass is 238 g/mol. The molecule has 0 aliphatic carbocycles. The van der Waals surface area contributed by atoms with Crippen LogP contribution >= 0.6 is 0 Å². The molecular weight excluding hydrogens is 228 g/mol. The van der Waals surface area contributed by atoms with E-state index in [1.807, 2.05) is 0 Å². The molecule has 0 saturated heterocycles. The summed E-state index contributed by atoms with van der Waals surface area (Å²) in [5.74, 6) is 0.184. The van der Waals surface area contributed by atoms with E-state index < -0.39 is 9.85 Å². The summed E-state index contributed by atoms with van der Waals surface area (Å²) in [5.41, 5.74) is 0.470. The summed E-state index contributed by atoms with van der Waals surface area (Å²) in [5, 5.41) is 26.0. The van der Waals surface area contributed by atoms with Gasteiger partial charge in [0.15, 0.2) is 5.82 Å². The quantitative estimate of drug-likeness (QED) is 0.590. The van der Waals surface area contributed by atoms with E-state index >= 15 is 0 Å². The number of non-ortho nitro benzene ring substituents is 1. The Morgan fingerprint density at radius 3 is 2.24 bits per heavy atom. The van der Waals surface area contributed by atoms with E-state index in [0.717, 1.165) is 6.20 Å². The summed E-state index contributed by atoms with van der Waals surface area (Å²) in [7, 11) is 1.52. The standard InChI is InChI=1S/C9H10N4O4/c1-10-9(6-12(14)15)11-7-2-4-8(5-3-7)13(16)17/h2-6,10-11H,1H3/b9-6+. The maximum Gasteiger partial charge on any atom is 0.274 e. The number of hydrogen-bond donors (Lipinski definition) is 2. The van der Waals surface area contributed by atoms with Gasteiger partial charge in [-0.2, -0.15) is 0 Å². The van der Waals surface area contributed by atoms with Gasteiger partial charge in [-0.3, -0.25) is 20.2 Å².